The van der Waals surface area contributed by atoms with Crippen LogP contribution in [-0.2, 0) is 17.6 Å². The Balaban J connectivity index is 2.03. The van der Waals surface area contributed by atoms with Gasteiger partial charge in [-0.3, -0.25) is 0 Å². The van der Waals surface area contributed by atoms with Crippen molar-refractivity contribution in [3.05, 3.63) is 57.7 Å². The van der Waals surface area contributed by atoms with Crippen molar-refractivity contribution in [2.75, 3.05) is 0 Å². The maximum atomic E-state index is 12.1. The molecule has 1 heterocycles. The topological polar surface area (TPSA) is 66.8 Å². The van der Waals surface area contributed by atoms with E-state index in [9.17, 15) is 15.0 Å². The molecule has 158 valence electrons. The number of hydrogen-bond acceptors (Lipinski definition) is 4. The zero-order chi connectivity index (χ0) is 21.6. The highest BCUT2D eigenvalue weighted by atomic mass is 16.5. The Hall–Kier alpha value is -2.49. The van der Waals surface area contributed by atoms with Crippen LogP contribution in [0, 0.1) is 0 Å². The average molecular weight is 399 g/mol. The number of cyclic esters (lactones) is 1. The molecule has 1 aliphatic heterocycles. The number of carbonyl (C=O) groups excluding carboxylic acids is 1. The first-order valence-electron chi connectivity index (χ1n) is 10.4. The lowest BCUT2D eigenvalue weighted by atomic mass is 9.90. The monoisotopic (exact) mass is 398 g/mol. The van der Waals surface area contributed by atoms with Gasteiger partial charge in [0.2, 0.25) is 0 Å². The number of rotatable bonds is 8. The van der Waals surface area contributed by atoms with Crippen LogP contribution < -0.4 is 0 Å². The van der Waals surface area contributed by atoms with E-state index in [1.165, 1.54) is 22.8 Å². The molecule has 0 amide bonds. The molecular weight excluding hydrogens is 364 g/mol. The fourth-order valence-corrected chi connectivity index (χ4v) is 3.62. The van der Waals surface area contributed by atoms with Gasteiger partial charge in [0.15, 0.2) is 0 Å². The lowest BCUT2D eigenvalue weighted by molar-refractivity contribution is 0.0296. The molecule has 0 saturated carbocycles. The second-order valence-corrected chi connectivity index (χ2v) is 8.33. The van der Waals surface area contributed by atoms with Gasteiger partial charge in [0.05, 0.1) is 0 Å². The molecule has 0 aliphatic carbocycles. The molecule has 0 bridgehead atoms. The van der Waals surface area contributed by atoms with E-state index in [1.807, 2.05) is 6.92 Å². The SMILES string of the molecule is CC(C)=CCC/C(C)=C/CC/C(C)=C/Cc1c(O)cc(O)c2c1C[C@@H](C)OC2=O. The number of carbonyl (C=O) groups is 1. The minimum atomic E-state index is -0.521. The summed E-state index contributed by atoms with van der Waals surface area (Å²) in [5, 5.41) is 20.4. The van der Waals surface area contributed by atoms with Gasteiger partial charge < -0.3 is 14.9 Å². The fourth-order valence-electron chi connectivity index (χ4n) is 3.62. The number of allylic oxidation sites excluding steroid dienone is 6. The molecule has 1 atom stereocenters. The number of fused-ring (bicyclic) bond motifs is 1. The molecule has 0 fully saturated rings. The number of aromatic hydroxyl groups is 2. The second kappa shape index (κ2) is 10.3. The summed E-state index contributed by atoms with van der Waals surface area (Å²) in [5.74, 6) is -0.707. The fraction of sp³-hybridized carbons (Fsp3) is 0.480. The Labute approximate surface area is 174 Å². The quantitative estimate of drug-likeness (QED) is 0.406. The molecule has 0 unspecified atom stereocenters. The third kappa shape index (κ3) is 6.52. The van der Waals surface area contributed by atoms with Gasteiger partial charge in [0.25, 0.3) is 0 Å². The van der Waals surface area contributed by atoms with Crippen LogP contribution in [0.2, 0.25) is 0 Å². The van der Waals surface area contributed by atoms with E-state index in [2.05, 4.69) is 45.9 Å². The van der Waals surface area contributed by atoms with Gasteiger partial charge in [-0.1, -0.05) is 34.9 Å². The van der Waals surface area contributed by atoms with Gasteiger partial charge in [-0.2, -0.15) is 0 Å². The predicted octanol–water partition coefficient (Wildman–Crippen LogP) is 6.16. The van der Waals surface area contributed by atoms with Gasteiger partial charge in [-0.25, -0.2) is 4.79 Å². The molecule has 0 saturated heterocycles. The maximum absolute atomic E-state index is 12.1. The summed E-state index contributed by atoms with van der Waals surface area (Å²) >= 11 is 0. The first-order chi connectivity index (χ1) is 13.7. The summed E-state index contributed by atoms with van der Waals surface area (Å²) in [6, 6.07) is 1.24. The van der Waals surface area contributed by atoms with Crippen molar-refractivity contribution in [2.24, 2.45) is 0 Å². The van der Waals surface area contributed by atoms with Crippen LogP contribution in [0.5, 0.6) is 11.5 Å². The van der Waals surface area contributed by atoms with Crippen LogP contribution in [0.4, 0.5) is 0 Å². The number of benzene rings is 1. The number of hydrogen-bond donors (Lipinski definition) is 2. The summed E-state index contributed by atoms with van der Waals surface area (Å²) in [6.07, 6.45) is 11.6. The maximum Gasteiger partial charge on any atom is 0.342 e. The molecular formula is C25H34O4. The van der Waals surface area contributed by atoms with Crippen molar-refractivity contribution in [1.82, 2.24) is 0 Å². The van der Waals surface area contributed by atoms with Crippen LogP contribution in [0.3, 0.4) is 0 Å². The lowest BCUT2D eigenvalue weighted by Crippen LogP contribution is -2.26. The van der Waals surface area contributed by atoms with Crippen LogP contribution >= 0.6 is 0 Å². The standard InChI is InChI=1S/C25H34O4/c1-16(2)8-6-9-17(3)10-7-11-18(4)12-13-20-21-14-19(5)29-25(28)24(21)23(27)15-22(20)26/h8,10,12,15,19,26-27H,6-7,9,11,13-14H2,1-5H3/b17-10+,18-12+/t19-/m1/s1. The second-order valence-electron chi connectivity index (χ2n) is 8.33. The molecule has 2 rings (SSSR count). The van der Waals surface area contributed by atoms with E-state index in [-0.39, 0.29) is 23.2 Å². The highest BCUT2D eigenvalue weighted by molar-refractivity contribution is 5.96. The Morgan fingerprint density at radius 1 is 1.03 bits per heavy atom. The van der Waals surface area contributed by atoms with Gasteiger partial charge >= 0.3 is 5.97 Å². The smallest absolute Gasteiger partial charge is 0.342 e. The molecule has 0 aromatic heterocycles. The first-order valence-corrected chi connectivity index (χ1v) is 10.4. The van der Waals surface area contributed by atoms with Crippen molar-refractivity contribution < 1.29 is 19.7 Å². The van der Waals surface area contributed by atoms with Crippen LogP contribution in [0.1, 0.15) is 81.8 Å². The summed E-state index contributed by atoms with van der Waals surface area (Å²) in [6.45, 7) is 10.3. The molecule has 0 radical (unpaired) electrons. The lowest BCUT2D eigenvalue weighted by Gasteiger charge is -2.25. The van der Waals surface area contributed by atoms with Crippen molar-refractivity contribution in [3.63, 3.8) is 0 Å². The van der Waals surface area contributed by atoms with Crippen LogP contribution in [0.25, 0.3) is 0 Å². The zero-order valence-electron chi connectivity index (χ0n) is 18.3. The zero-order valence-corrected chi connectivity index (χ0v) is 18.3. The average Bonchev–Trinajstić information content (AvgIpc) is 2.60. The van der Waals surface area contributed by atoms with Crippen LogP contribution in [-0.4, -0.2) is 22.3 Å². The number of esters is 1. The molecule has 29 heavy (non-hydrogen) atoms. The third-order valence-electron chi connectivity index (χ3n) is 5.29. The first kappa shape index (κ1) is 22.8. The van der Waals surface area contributed by atoms with E-state index in [0.717, 1.165) is 25.7 Å². The van der Waals surface area contributed by atoms with Crippen LogP contribution in [0.15, 0.2) is 41.0 Å². The summed E-state index contributed by atoms with van der Waals surface area (Å²) < 4.78 is 5.22. The van der Waals surface area contributed by atoms with E-state index < -0.39 is 5.97 Å². The Morgan fingerprint density at radius 3 is 2.31 bits per heavy atom. The molecule has 1 aliphatic rings. The van der Waals surface area contributed by atoms with Crippen molar-refractivity contribution in [3.8, 4) is 11.5 Å². The molecule has 4 heteroatoms. The van der Waals surface area contributed by atoms with E-state index in [1.54, 1.807) is 0 Å². The number of ether oxygens (including phenoxy) is 1. The minimum Gasteiger partial charge on any atom is -0.508 e. The Kier molecular flexibility index (Phi) is 8.12. The molecule has 1 aromatic rings. The van der Waals surface area contributed by atoms with Crippen molar-refractivity contribution in [2.45, 2.75) is 79.2 Å². The summed E-state index contributed by atoms with van der Waals surface area (Å²) in [7, 11) is 0. The van der Waals surface area contributed by atoms with E-state index in [4.69, 9.17) is 4.74 Å². The third-order valence-corrected chi connectivity index (χ3v) is 5.29. The largest absolute Gasteiger partial charge is 0.508 e. The number of phenolic OH excluding ortho intramolecular Hbond substituents is 2. The number of phenols is 2. The summed E-state index contributed by atoms with van der Waals surface area (Å²) in [4.78, 5) is 12.1. The van der Waals surface area contributed by atoms with Crippen molar-refractivity contribution >= 4 is 5.97 Å². The normalized spacial score (nSPS) is 17.0. The van der Waals surface area contributed by atoms with Crippen molar-refractivity contribution in [1.29, 1.82) is 0 Å². The predicted molar refractivity (Wildman–Crippen MR) is 117 cm³/mol. The minimum absolute atomic E-state index is 0.0298. The molecule has 2 N–H and O–H groups in total. The van der Waals surface area contributed by atoms with Gasteiger partial charge in [0.1, 0.15) is 23.2 Å². The summed E-state index contributed by atoms with van der Waals surface area (Å²) in [5.41, 5.74) is 5.61. The van der Waals surface area contributed by atoms with E-state index >= 15 is 0 Å². The van der Waals surface area contributed by atoms with Gasteiger partial charge in [-0.05, 0) is 72.3 Å². The van der Waals surface area contributed by atoms with Gasteiger partial charge in [-0.15, -0.1) is 0 Å². The van der Waals surface area contributed by atoms with E-state index in [0.29, 0.717) is 24.0 Å². The highest BCUT2D eigenvalue weighted by Gasteiger charge is 2.30. The molecule has 1 aromatic carbocycles. The Morgan fingerprint density at radius 2 is 1.66 bits per heavy atom. The molecule has 4 nitrogen and oxygen atoms in total. The van der Waals surface area contributed by atoms with Gasteiger partial charge in [0, 0.05) is 18.1 Å². The molecule has 0 spiro atoms. The highest BCUT2D eigenvalue weighted by Crippen LogP contribution is 2.37. The Bertz CT molecular complexity index is 839.